The van der Waals surface area contributed by atoms with E-state index < -0.39 is 12.0 Å². The average molecular weight is 513 g/mol. The molecule has 0 radical (unpaired) electrons. The first-order valence-corrected chi connectivity index (χ1v) is 12.9. The summed E-state index contributed by atoms with van der Waals surface area (Å²) in [6, 6.07) is 7.56. The van der Waals surface area contributed by atoms with Crippen LogP contribution in [0.3, 0.4) is 0 Å². The standard InChI is InChI=1S/C26H32N4O5S/c1-17-5-7-20(8-6-17)24-23(25(33)35-14-13-34-4)18(2)27-26-30(24)21(16-36-26)15-22(32)29-11-9-28(10-12-29)19(3)31/h5-8,16,24H,9-15H2,1-4H3. The van der Waals surface area contributed by atoms with Crippen molar-refractivity contribution in [2.24, 2.45) is 4.99 Å². The highest BCUT2D eigenvalue weighted by Gasteiger charge is 2.41. The summed E-state index contributed by atoms with van der Waals surface area (Å²) in [5.74, 6) is -0.426. The number of rotatable bonds is 7. The Morgan fingerprint density at radius 2 is 1.69 bits per heavy atom. The van der Waals surface area contributed by atoms with E-state index in [4.69, 9.17) is 14.5 Å². The number of hydrogen-bond acceptors (Lipinski definition) is 8. The number of aryl methyl sites for hydroxylation is 1. The molecule has 0 bridgehead atoms. The summed E-state index contributed by atoms with van der Waals surface area (Å²) in [5.41, 5.74) is 3.87. The minimum Gasteiger partial charge on any atom is -0.460 e. The third kappa shape index (κ3) is 5.49. The number of piperazine rings is 1. The Morgan fingerprint density at radius 1 is 1.03 bits per heavy atom. The monoisotopic (exact) mass is 512 g/mol. The van der Waals surface area contributed by atoms with E-state index in [0.717, 1.165) is 22.0 Å². The lowest BCUT2D eigenvalue weighted by Gasteiger charge is -2.37. The molecule has 36 heavy (non-hydrogen) atoms. The van der Waals surface area contributed by atoms with Gasteiger partial charge < -0.3 is 24.2 Å². The van der Waals surface area contributed by atoms with Gasteiger partial charge in [-0.15, -0.1) is 0 Å². The van der Waals surface area contributed by atoms with E-state index in [0.29, 0.717) is 44.1 Å². The zero-order valence-electron chi connectivity index (χ0n) is 21.2. The number of carbonyl (C=O) groups is 3. The lowest BCUT2D eigenvalue weighted by atomic mass is 9.93. The van der Waals surface area contributed by atoms with Crippen molar-refractivity contribution >= 4 is 34.7 Å². The summed E-state index contributed by atoms with van der Waals surface area (Å²) in [5, 5.41) is 2.67. The average Bonchev–Trinajstić information content (AvgIpc) is 3.25. The summed E-state index contributed by atoms with van der Waals surface area (Å²) in [7, 11) is 1.56. The Balaban J connectivity index is 1.59. The van der Waals surface area contributed by atoms with Crippen LogP contribution in [0.4, 0.5) is 0 Å². The van der Waals surface area contributed by atoms with Gasteiger partial charge in [0.2, 0.25) is 11.8 Å². The zero-order chi connectivity index (χ0) is 25.8. The maximum Gasteiger partial charge on any atom is 0.338 e. The fraction of sp³-hybridized carbons (Fsp3) is 0.462. The minimum atomic E-state index is -0.461. The molecule has 1 aromatic carbocycles. The number of ether oxygens (including phenoxy) is 2. The second kappa shape index (κ2) is 11.3. The molecule has 1 fully saturated rings. The predicted molar refractivity (Wildman–Crippen MR) is 138 cm³/mol. The minimum absolute atomic E-state index is 0.00976. The second-order valence-electron chi connectivity index (χ2n) is 9.00. The van der Waals surface area contributed by atoms with Crippen LogP contribution < -0.4 is 0 Å². The largest absolute Gasteiger partial charge is 0.460 e. The number of aliphatic imine (C=N–C) groups is 1. The van der Waals surface area contributed by atoms with Gasteiger partial charge in [-0.1, -0.05) is 41.6 Å². The molecule has 0 spiro atoms. The molecule has 3 aliphatic heterocycles. The van der Waals surface area contributed by atoms with Crippen LogP contribution in [-0.4, -0.2) is 84.2 Å². The Hall–Kier alpha value is -3.11. The van der Waals surface area contributed by atoms with Crippen LogP contribution in [0.25, 0.3) is 0 Å². The van der Waals surface area contributed by atoms with E-state index in [1.165, 1.54) is 11.8 Å². The summed E-state index contributed by atoms with van der Waals surface area (Å²) in [6.07, 6.45) is 0.180. The number of hydrogen-bond donors (Lipinski definition) is 0. The van der Waals surface area contributed by atoms with Crippen LogP contribution in [0.1, 0.15) is 37.4 Å². The Kier molecular flexibility index (Phi) is 8.15. The van der Waals surface area contributed by atoms with E-state index in [-0.39, 0.29) is 24.8 Å². The van der Waals surface area contributed by atoms with Crippen LogP contribution in [0.15, 0.2) is 51.6 Å². The van der Waals surface area contributed by atoms with Crippen LogP contribution in [-0.2, 0) is 23.9 Å². The molecule has 0 aliphatic carbocycles. The number of amidine groups is 1. The van der Waals surface area contributed by atoms with Crippen molar-refractivity contribution in [3.05, 3.63) is 57.8 Å². The molecular weight excluding hydrogens is 480 g/mol. The molecule has 3 aliphatic rings. The van der Waals surface area contributed by atoms with E-state index in [2.05, 4.69) is 0 Å². The number of allylic oxidation sites excluding steroid dienone is 1. The molecule has 2 amide bonds. The van der Waals surface area contributed by atoms with Crippen molar-refractivity contribution < 1.29 is 23.9 Å². The van der Waals surface area contributed by atoms with Crippen molar-refractivity contribution in [1.29, 1.82) is 0 Å². The molecule has 1 saturated heterocycles. The maximum atomic E-state index is 13.2. The molecule has 4 rings (SSSR count). The maximum absolute atomic E-state index is 13.2. The molecule has 1 aromatic rings. The van der Waals surface area contributed by atoms with Crippen molar-refractivity contribution in [3.63, 3.8) is 0 Å². The zero-order valence-corrected chi connectivity index (χ0v) is 22.0. The molecule has 3 heterocycles. The topological polar surface area (TPSA) is 91.7 Å². The van der Waals surface area contributed by atoms with Gasteiger partial charge >= 0.3 is 5.97 Å². The van der Waals surface area contributed by atoms with Crippen LogP contribution >= 0.6 is 11.8 Å². The molecule has 0 aromatic heterocycles. The van der Waals surface area contributed by atoms with Gasteiger partial charge in [0, 0.05) is 45.9 Å². The Bertz CT molecular complexity index is 1120. The third-order valence-electron chi connectivity index (χ3n) is 6.54. The normalized spacial score (nSPS) is 19.7. The summed E-state index contributed by atoms with van der Waals surface area (Å²) >= 11 is 1.45. The van der Waals surface area contributed by atoms with Gasteiger partial charge in [0.15, 0.2) is 5.17 Å². The van der Waals surface area contributed by atoms with Crippen molar-refractivity contribution in [1.82, 2.24) is 14.7 Å². The lowest BCUT2D eigenvalue weighted by Crippen LogP contribution is -2.50. The quantitative estimate of drug-likeness (QED) is 0.410. The number of nitrogens with zero attached hydrogens (tertiary/aromatic N) is 4. The van der Waals surface area contributed by atoms with Gasteiger partial charge in [0.25, 0.3) is 0 Å². The Labute approximate surface area is 215 Å². The Morgan fingerprint density at radius 3 is 2.33 bits per heavy atom. The predicted octanol–water partition coefficient (Wildman–Crippen LogP) is 2.84. The van der Waals surface area contributed by atoms with Crippen molar-refractivity contribution in [2.45, 2.75) is 33.2 Å². The highest BCUT2D eigenvalue weighted by Crippen LogP contribution is 2.45. The molecule has 10 heteroatoms. The number of carbonyl (C=O) groups excluding carboxylic acids is 3. The summed E-state index contributed by atoms with van der Waals surface area (Å²) in [6.45, 7) is 7.93. The molecular formula is C26H32N4O5S. The summed E-state index contributed by atoms with van der Waals surface area (Å²) < 4.78 is 10.5. The first kappa shape index (κ1) is 26.0. The molecule has 0 N–H and O–H groups in total. The highest BCUT2D eigenvalue weighted by molar-refractivity contribution is 8.16. The molecule has 1 unspecified atom stereocenters. The number of esters is 1. The van der Waals surface area contributed by atoms with Gasteiger partial charge in [-0.2, -0.15) is 0 Å². The van der Waals surface area contributed by atoms with Gasteiger partial charge in [0.05, 0.1) is 30.3 Å². The van der Waals surface area contributed by atoms with Crippen molar-refractivity contribution in [2.75, 3.05) is 46.5 Å². The number of methoxy groups -OCH3 is 1. The summed E-state index contributed by atoms with van der Waals surface area (Å²) in [4.78, 5) is 48.3. The first-order chi connectivity index (χ1) is 17.3. The van der Waals surface area contributed by atoms with Crippen LogP contribution in [0.2, 0.25) is 0 Å². The van der Waals surface area contributed by atoms with Crippen molar-refractivity contribution in [3.8, 4) is 0 Å². The number of amides is 2. The molecule has 192 valence electrons. The van der Waals surface area contributed by atoms with Crippen LogP contribution in [0, 0.1) is 6.92 Å². The van der Waals surface area contributed by atoms with E-state index in [1.807, 2.05) is 48.4 Å². The lowest BCUT2D eigenvalue weighted by molar-refractivity contribution is -0.141. The van der Waals surface area contributed by atoms with E-state index in [9.17, 15) is 14.4 Å². The van der Waals surface area contributed by atoms with Gasteiger partial charge in [-0.05, 0) is 24.8 Å². The van der Waals surface area contributed by atoms with Crippen LogP contribution in [0.5, 0.6) is 0 Å². The fourth-order valence-corrected chi connectivity index (χ4v) is 5.49. The first-order valence-electron chi connectivity index (χ1n) is 12.0. The molecule has 9 nitrogen and oxygen atoms in total. The van der Waals surface area contributed by atoms with Gasteiger partial charge in [0.1, 0.15) is 6.61 Å². The second-order valence-corrected chi connectivity index (χ2v) is 9.83. The molecule has 0 saturated carbocycles. The number of benzene rings is 1. The van der Waals surface area contributed by atoms with E-state index >= 15 is 0 Å². The van der Waals surface area contributed by atoms with E-state index in [1.54, 1.807) is 23.8 Å². The van der Waals surface area contributed by atoms with Gasteiger partial charge in [-0.3, -0.25) is 9.59 Å². The number of fused-ring (bicyclic) bond motifs is 1. The number of thioether (sulfide) groups is 1. The molecule has 1 atom stereocenters. The smallest absolute Gasteiger partial charge is 0.338 e. The SMILES string of the molecule is COCCOC(=O)C1=C(C)N=C2SC=C(CC(=O)N3CCN(C(C)=O)CC3)N2C1c1ccc(C)cc1. The highest BCUT2D eigenvalue weighted by atomic mass is 32.2. The third-order valence-corrected chi connectivity index (χ3v) is 7.43. The fourth-order valence-electron chi connectivity index (χ4n) is 4.53. The van der Waals surface area contributed by atoms with Gasteiger partial charge in [-0.25, -0.2) is 9.79 Å².